The molecule has 6 nitrogen and oxygen atoms in total. The van der Waals surface area contributed by atoms with E-state index in [0.29, 0.717) is 17.3 Å². The van der Waals surface area contributed by atoms with Gasteiger partial charge in [-0.1, -0.05) is 12.1 Å². The van der Waals surface area contributed by atoms with Gasteiger partial charge in [-0.25, -0.2) is 5.43 Å². The van der Waals surface area contributed by atoms with Crippen molar-refractivity contribution in [1.82, 2.24) is 5.43 Å². The van der Waals surface area contributed by atoms with E-state index in [0.717, 1.165) is 3.77 Å². The van der Waals surface area contributed by atoms with Crippen LogP contribution in [0.1, 0.15) is 5.76 Å². The lowest BCUT2D eigenvalue weighted by Gasteiger charge is -2.24. The number of amides is 1. The molecule has 0 aliphatic carbocycles. The Kier molecular flexibility index (Phi) is 4.09. The summed E-state index contributed by atoms with van der Waals surface area (Å²) in [4.78, 5) is 11.9. The standard InChI is InChI=1S/C14H11IN2O4/c15-13-6-5-9(20-13)7-16-17-14(18)12-8-19-10-3-1-2-4-11(10)21-12/h1-7,12H,8H2,(H,17,18)/b16-7+. The fraction of sp³-hybridized carbons (Fsp3) is 0.143. The molecule has 1 aliphatic heterocycles. The number of hydrogen-bond acceptors (Lipinski definition) is 5. The summed E-state index contributed by atoms with van der Waals surface area (Å²) in [6.07, 6.45) is 0.700. The zero-order valence-electron chi connectivity index (χ0n) is 10.8. The monoisotopic (exact) mass is 398 g/mol. The summed E-state index contributed by atoms with van der Waals surface area (Å²) in [5.74, 6) is 1.37. The van der Waals surface area contributed by atoms with Gasteiger partial charge in [0.1, 0.15) is 12.4 Å². The number of ether oxygens (including phenoxy) is 2. The number of carbonyl (C=O) groups excluding carboxylic acids is 1. The van der Waals surface area contributed by atoms with Crippen LogP contribution in [-0.4, -0.2) is 24.8 Å². The predicted octanol–water partition coefficient (Wildman–Crippen LogP) is 2.17. The van der Waals surface area contributed by atoms with Gasteiger partial charge in [0.25, 0.3) is 5.91 Å². The Morgan fingerprint density at radius 3 is 2.86 bits per heavy atom. The van der Waals surface area contributed by atoms with Crippen LogP contribution in [0, 0.1) is 3.77 Å². The van der Waals surface area contributed by atoms with E-state index in [1.54, 1.807) is 24.3 Å². The molecule has 1 aliphatic rings. The number of para-hydroxylation sites is 2. The van der Waals surface area contributed by atoms with Crippen molar-refractivity contribution >= 4 is 34.7 Å². The smallest absolute Gasteiger partial charge is 0.284 e. The second-order valence-corrected chi connectivity index (χ2v) is 5.30. The van der Waals surface area contributed by atoms with Gasteiger partial charge >= 0.3 is 0 Å². The molecule has 1 N–H and O–H groups in total. The van der Waals surface area contributed by atoms with Crippen molar-refractivity contribution in [2.24, 2.45) is 5.10 Å². The van der Waals surface area contributed by atoms with Gasteiger partial charge in [-0.05, 0) is 46.9 Å². The highest BCUT2D eigenvalue weighted by molar-refractivity contribution is 14.1. The first-order valence-corrected chi connectivity index (χ1v) is 7.27. The minimum atomic E-state index is -0.728. The molecule has 0 saturated heterocycles. The quantitative estimate of drug-likeness (QED) is 0.489. The van der Waals surface area contributed by atoms with E-state index >= 15 is 0 Å². The maximum Gasteiger partial charge on any atom is 0.284 e. The number of nitrogens with one attached hydrogen (secondary N) is 1. The van der Waals surface area contributed by atoms with E-state index in [1.807, 2.05) is 34.7 Å². The first-order chi connectivity index (χ1) is 10.2. The number of furan rings is 1. The molecule has 21 heavy (non-hydrogen) atoms. The zero-order valence-corrected chi connectivity index (χ0v) is 12.9. The largest absolute Gasteiger partial charge is 0.485 e. The maximum absolute atomic E-state index is 11.9. The van der Waals surface area contributed by atoms with Gasteiger partial charge in [-0.3, -0.25) is 4.79 Å². The molecule has 3 rings (SSSR count). The van der Waals surface area contributed by atoms with Gasteiger partial charge in [-0.15, -0.1) is 0 Å². The Hall–Kier alpha value is -2.03. The van der Waals surface area contributed by atoms with Crippen LogP contribution in [0.25, 0.3) is 0 Å². The summed E-state index contributed by atoms with van der Waals surface area (Å²) >= 11 is 2.05. The number of benzene rings is 1. The van der Waals surface area contributed by atoms with Crippen molar-refractivity contribution in [1.29, 1.82) is 0 Å². The Labute approximate surface area is 134 Å². The number of fused-ring (bicyclic) bond motifs is 1. The Morgan fingerprint density at radius 2 is 2.10 bits per heavy atom. The highest BCUT2D eigenvalue weighted by atomic mass is 127. The normalized spacial score (nSPS) is 16.9. The first-order valence-electron chi connectivity index (χ1n) is 6.19. The van der Waals surface area contributed by atoms with Crippen LogP contribution in [-0.2, 0) is 4.79 Å². The molecule has 0 bridgehead atoms. The molecule has 0 fully saturated rings. The number of rotatable bonds is 3. The Morgan fingerprint density at radius 1 is 1.29 bits per heavy atom. The van der Waals surface area contributed by atoms with Crippen molar-refractivity contribution in [2.45, 2.75) is 6.10 Å². The fourth-order valence-corrected chi connectivity index (χ4v) is 2.21. The maximum atomic E-state index is 11.9. The summed E-state index contributed by atoms with van der Waals surface area (Å²) in [7, 11) is 0. The van der Waals surface area contributed by atoms with Crippen LogP contribution in [0.3, 0.4) is 0 Å². The van der Waals surface area contributed by atoms with E-state index in [-0.39, 0.29) is 12.5 Å². The lowest BCUT2D eigenvalue weighted by atomic mass is 10.2. The van der Waals surface area contributed by atoms with Crippen LogP contribution >= 0.6 is 22.6 Å². The van der Waals surface area contributed by atoms with E-state index < -0.39 is 6.10 Å². The number of hydrogen-bond donors (Lipinski definition) is 1. The van der Waals surface area contributed by atoms with Gasteiger partial charge < -0.3 is 13.9 Å². The Balaban J connectivity index is 1.58. The van der Waals surface area contributed by atoms with Crippen LogP contribution < -0.4 is 14.9 Å². The fourth-order valence-electron chi connectivity index (χ4n) is 1.78. The molecule has 2 aromatic rings. The summed E-state index contributed by atoms with van der Waals surface area (Å²) in [6, 6.07) is 10.8. The third-order valence-corrected chi connectivity index (χ3v) is 3.34. The van der Waals surface area contributed by atoms with Crippen molar-refractivity contribution in [3.8, 4) is 11.5 Å². The van der Waals surface area contributed by atoms with Crippen LogP contribution in [0.5, 0.6) is 11.5 Å². The third kappa shape index (κ3) is 3.35. The lowest BCUT2D eigenvalue weighted by Crippen LogP contribution is -2.42. The summed E-state index contributed by atoms with van der Waals surface area (Å²) < 4.78 is 17.1. The molecule has 0 spiro atoms. The zero-order chi connectivity index (χ0) is 14.7. The molecule has 0 radical (unpaired) electrons. The van der Waals surface area contributed by atoms with E-state index in [4.69, 9.17) is 13.9 Å². The van der Waals surface area contributed by atoms with Gasteiger partial charge in [0, 0.05) is 0 Å². The highest BCUT2D eigenvalue weighted by Gasteiger charge is 2.26. The van der Waals surface area contributed by atoms with Crippen molar-refractivity contribution < 1.29 is 18.7 Å². The van der Waals surface area contributed by atoms with Crippen molar-refractivity contribution in [2.75, 3.05) is 6.61 Å². The number of halogens is 1. The lowest BCUT2D eigenvalue weighted by molar-refractivity contribution is -0.130. The van der Waals surface area contributed by atoms with Gasteiger partial charge in [0.15, 0.2) is 15.3 Å². The van der Waals surface area contributed by atoms with Gasteiger partial charge in [0.05, 0.1) is 6.21 Å². The molecule has 2 heterocycles. The highest BCUT2D eigenvalue weighted by Crippen LogP contribution is 2.30. The third-order valence-electron chi connectivity index (χ3n) is 2.76. The molecule has 1 atom stereocenters. The molecule has 1 aromatic heterocycles. The molecule has 1 aromatic carbocycles. The molecular weight excluding hydrogens is 387 g/mol. The average Bonchev–Trinajstić information content (AvgIpc) is 2.92. The summed E-state index contributed by atoms with van der Waals surface area (Å²) in [6.45, 7) is 0.150. The van der Waals surface area contributed by atoms with Gasteiger partial charge in [0.2, 0.25) is 6.10 Å². The molecule has 1 unspecified atom stereocenters. The second-order valence-electron chi connectivity index (χ2n) is 4.24. The second kappa shape index (κ2) is 6.17. The van der Waals surface area contributed by atoms with E-state index in [2.05, 4.69) is 10.5 Å². The minimum Gasteiger partial charge on any atom is -0.485 e. The molecule has 1 amide bonds. The Bertz CT molecular complexity index is 683. The van der Waals surface area contributed by atoms with Gasteiger partial charge in [-0.2, -0.15) is 5.10 Å². The summed E-state index contributed by atoms with van der Waals surface area (Å²) in [5.41, 5.74) is 2.40. The topological polar surface area (TPSA) is 73.1 Å². The SMILES string of the molecule is O=C(N/N=C/c1ccc(I)o1)C1COc2ccccc2O1. The van der Waals surface area contributed by atoms with Crippen molar-refractivity contribution in [3.63, 3.8) is 0 Å². The van der Waals surface area contributed by atoms with E-state index in [1.165, 1.54) is 6.21 Å². The van der Waals surface area contributed by atoms with E-state index in [9.17, 15) is 4.79 Å². The number of carbonyl (C=O) groups is 1. The van der Waals surface area contributed by atoms with Crippen LogP contribution in [0.15, 0.2) is 45.9 Å². The predicted molar refractivity (Wildman–Crippen MR) is 83.5 cm³/mol. The molecule has 108 valence electrons. The number of hydrazone groups is 1. The average molecular weight is 398 g/mol. The molecule has 0 saturated carbocycles. The van der Waals surface area contributed by atoms with Crippen LogP contribution in [0.2, 0.25) is 0 Å². The molecule has 7 heteroatoms. The van der Waals surface area contributed by atoms with Crippen LogP contribution in [0.4, 0.5) is 0 Å². The number of nitrogens with zero attached hydrogens (tertiary/aromatic N) is 1. The summed E-state index contributed by atoms with van der Waals surface area (Å²) in [5, 5.41) is 3.83. The van der Waals surface area contributed by atoms with Crippen molar-refractivity contribution in [3.05, 3.63) is 45.9 Å². The molecular formula is C14H11IN2O4. The first kappa shape index (κ1) is 13.9. The minimum absolute atomic E-state index is 0.150.